The topological polar surface area (TPSA) is 103 Å². The van der Waals surface area contributed by atoms with Gasteiger partial charge in [-0.1, -0.05) is 31.2 Å². The standard InChI is InChI=1S/C17H22N4O4/c1-10(2)9-14(17(24)25-4)18-15(22)11(3)21-16(23)12-7-5-6-8-13(12)19-20-21/h5-8,10-11,14H,9H2,1-4H3,(H,18,22)/t11-,14-/m1/s1. The average molecular weight is 346 g/mol. The van der Waals surface area contributed by atoms with E-state index in [9.17, 15) is 14.4 Å². The first-order valence-electron chi connectivity index (χ1n) is 8.07. The van der Waals surface area contributed by atoms with Gasteiger partial charge in [-0.25, -0.2) is 4.79 Å². The lowest BCUT2D eigenvalue weighted by Gasteiger charge is -2.21. The lowest BCUT2D eigenvalue weighted by Crippen LogP contribution is -2.46. The fourth-order valence-corrected chi connectivity index (χ4v) is 2.49. The van der Waals surface area contributed by atoms with Crippen molar-refractivity contribution in [1.29, 1.82) is 0 Å². The highest BCUT2D eigenvalue weighted by molar-refractivity contribution is 5.86. The summed E-state index contributed by atoms with van der Waals surface area (Å²) < 4.78 is 5.75. The van der Waals surface area contributed by atoms with Crippen LogP contribution in [0.4, 0.5) is 0 Å². The zero-order valence-electron chi connectivity index (χ0n) is 14.7. The summed E-state index contributed by atoms with van der Waals surface area (Å²) in [6, 6.07) is 5.09. The molecule has 1 aromatic heterocycles. The number of nitrogens with one attached hydrogen (secondary N) is 1. The van der Waals surface area contributed by atoms with Crippen molar-refractivity contribution in [2.75, 3.05) is 7.11 Å². The molecule has 1 heterocycles. The van der Waals surface area contributed by atoms with Crippen LogP contribution < -0.4 is 10.9 Å². The Balaban J connectivity index is 2.25. The predicted molar refractivity (Wildman–Crippen MR) is 91.9 cm³/mol. The van der Waals surface area contributed by atoms with E-state index >= 15 is 0 Å². The monoisotopic (exact) mass is 346 g/mol. The lowest BCUT2D eigenvalue weighted by atomic mass is 10.0. The first kappa shape index (κ1) is 18.6. The maximum Gasteiger partial charge on any atom is 0.328 e. The van der Waals surface area contributed by atoms with Gasteiger partial charge in [0.25, 0.3) is 5.56 Å². The molecule has 8 heteroatoms. The molecule has 0 fully saturated rings. The van der Waals surface area contributed by atoms with Gasteiger partial charge in [0.2, 0.25) is 5.91 Å². The van der Waals surface area contributed by atoms with Gasteiger partial charge in [0.1, 0.15) is 17.6 Å². The molecule has 134 valence electrons. The van der Waals surface area contributed by atoms with Crippen LogP contribution in [0.3, 0.4) is 0 Å². The zero-order chi connectivity index (χ0) is 18.6. The first-order chi connectivity index (χ1) is 11.8. The highest BCUT2D eigenvalue weighted by Gasteiger charge is 2.27. The molecule has 1 N–H and O–H groups in total. The number of fused-ring (bicyclic) bond motifs is 1. The van der Waals surface area contributed by atoms with Crippen molar-refractivity contribution in [2.24, 2.45) is 5.92 Å². The first-order valence-corrected chi connectivity index (χ1v) is 8.07. The molecule has 0 bridgehead atoms. The van der Waals surface area contributed by atoms with Crippen molar-refractivity contribution in [3.63, 3.8) is 0 Å². The van der Waals surface area contributed by atoms with Gasteiger partial charge in [-0.05, 0) is 31.4 Å². The molecule has 1 amide bonds. The Bertz CT molecular complexity index is 831. The molecule has 8 nitrogen and oxygen atoms in total. The number of esters is 1. The highest BCUT2D eigenvalue weighted by Crippen LogP contribution is 2.10. The number of aromatic nitrogens is 3. The van der Waals surface area contributed by atoms with Gasteiger partial charge in [0, 0.05) is 0 Å². The van der Waals surface area contributed by atoms with Crippen LogP contribution in [0.25, 0.3) is 10.9 Å². The summed E-state index contributed by atoms with van der Waals surface area (Å²) >= 11 is 0. The quantitative estimate of drug-likeness (QED) is 0.785. The molecule has 0 aliphatic heterocycles. The van der Waals surface area contributed by atoms with Crippen molar-refractivity contribution in [3.8, 4) is 0 Å². The Labute approximate surface area is 145 Å². The van der Waals surface area contributed by atoms with E-state index in [1.54, 1.807) is 24.3 Å². The highest BCUT2D eigenvalue weighted by atomic mass is 16.5. The van der Waals surface area contributed by atoms with Crippen molar-refractivity contribution in [3.05, 3.63) is 34.6 Å². The van der Waals surface area contributed by atoms with E-state index in [0.29, 0.717) is 17.3 Å². The summed E-state index contributed by atoms with van der Waals surface area (Å²) in [5.74, 6) is -0.836. The van der Waals surface area contributed by atoms with Crippen LogP contribution in [0.2, 0.25) is 0 Å². The summed E-state index contributed by atoms with van der Waals surface area (Å²) in [7, 11) is 1.27. The van der Waals surface area contributed by atoms with Crippen LogP contribution in [-0.2, 0) is 14.3 Å². The van der Waals surface area contributed by atoms with Gasteiger partial charge >= 0.3 is 5.97 Å². The Kier molecular flexibility index (Phi) is 5.84. The smallest absolute Gasteiger partial charge is 0.328 e. The maximum absolute atomic E-state index is 12.5. The third-order valence-electron chi connectivity index (χ3n) is 3.85. The largest absolute Gasteiger partial charge is 0.467 e. The molecule has 2 aromatic rings. The van der Waals surface area contributed by atoms with Crippen LogP contribution >= 0.6 is 0 Å². The maximum atomic E-state index is 12.5. The molecule has 2 atom stereocenters. The minimum absolute atomic E-state index is 0.183. The third-order valence-corrected chi connectivity index (χ3v) is 3.85. The van der Waals surface area contributed by atoms with E-state index in [2.05, 4.69) is 15.6 Å². The van der Waals surface area contributed by atoms with E-state index < -0.39 is 29.5 Å². The second kappa shape index (κ2) is 7.87. The van der Waals surface area contributed by atoms with Crippen molar-refractivity contribution < 1.29 is 14.3 Å². The van der Waals surface area contributed by atoms with Crippen molar-refractivity contribution in [1.82, 2.24) is 20.3 Å². The summed E-state index contributed by atoms with van der Waals surface area (Å²) in [5.41, 5.74) is 0.0512. The van der Waals surface area contributed by atoms with Gasteiger partial charge in [-0.15, -0.1) is 5.10 Å². The SMILES string of the molecule is COC(=O)[C@@H](CC(C)C)NC(=O)[C@@H](C)n1nnc2ccccc2c1=O. The van der Waals surface area contributed by atoms with Gasteiger partial charge in [-0.3, -0.25) is 9.59 Å². The van der Waals surface area contributed by atoms with E-state index in [0.717, 1.165) is 4.68 Å². The van der Waals surface area contributed by atoms with E-state index in [4.69, 9.17) is 4.74 Å². The van der Waals surface area contributed by atoms with Crippen LogP contribution in [0.1, 0.15) is 33.2 Å². The number of methoxy groups -OCH3 is 1. The van der Waals surface area contributed by atoms with E-state index in [-0.39, 0.29) is 5.92 Å². The Morgan fingerprint density at radius 1 is 1.24 bits per heavy atom. The van der Waals surface area contributed by atoms with Gasteiger partial charge in [0.05, 0.1) is 12.5 Å². The minimum Gasteiger partial charge on any atom is -0.467 e. The van der Waals surface area contributed by atoms with Crippen LogP contribution in [0.5, 0.6) is 0 Å². The molecule has 0 spiro atoms. The van der Waals surface area contributed by atoms with Crippen LogP contribution in [0.15, 0.2) is 29.1 Å². The molecule has 0 aliphatic rings. The number of carbonyl (C=O) groups is 2. The minimum atomic E-state index is -0.913. The fraction of sp³-hybridized carbons (Fsp3) is 0.471. The number of carbonyl (C=O) groups excluding carboxylic acids is 2. The normalized spacial score (nSPS) is 13.5. The Morgan fingerprint density at radius 2 is 1.92 bits per heavy atom. The van der Waals surface area contributed by atoms with Crippen LogP contribution in [-0.4, -0.2) is 40.0 Å². The van der Waals surface area contributed by atoms with Gasteiger partial charge in [0.15, 0.2) is 0 Å². The molecule has 25 heavy (non-hydrogen) atoms. The summed E-state index contributed by atoms with van der Waals surface area (Å²) in [5, 5.41) is 10.8. The summed E-state index contributed by atoms with van der Waals surface area (Å²) in [6.45, 7) is 5.40. The number of benzene rings is 1. The van der Waals surface area contributed by atoms with Gasteiger partial charge < -0.3 is 10.1 Å². The molecule has 0 unspecified atom stereocenters. The molecule has 2 rings (SSSR count). The average Bonchev–Trinajstić information content (AvgIpc) is 2.60. The number of hydrogen-bond donors (Lipinski definition) is 1. The molecule has 0 radical (unpaired) electrons. The van der Waals surface area contributed by atoms with E-state index in [1.165, 1.54) is 14.0 Å². The Hall–Kier alpha value is -2.77. The second-order valence-electron chi connectivity index (χ2n) is 6.25. The zero-order valence-corrected chi connectivity index (χ0v) is 14.7. The number of rotatable bonds is 6. The molecular weight excluding hydrogens is 324 g/mol. The van der Waals surface area contributed by atoms with Gasteiger partial charge in [-0.2, -0.15) is 4.68 Å². The molecule has 0 saturated heterocycles. The van der Waals surface area contributed by atoms with E-state index in [1.807, 2.05) is 13.8 Å². The number of nitrogens with zero attached hydrogens (tertiary/aromatic N) is 3. The summed E-state index contributed by atoms with van der Waals surface area (Å²) in [4.78, 5) is 36.9. The fourth-order valence-electron chi connectivity index (χ4n) is 2.49. The molecule has 0 aliphatic carbocycles. The number of hydrogen-bond acceptors (Lipinski definition) is 6. The third kappa shape index (κ3) is 4.20. The lowest BCUT2D eigenvalue weighted by molar-refractivity contribution is -0.146. The van der Waals surface area contributed by atoms with Crippen molar-refractivity contribution >= 4 is 22.8 Å². The van der Waals surface area contributed by atoms with Crippen molar-refractivity contribution in [2.45, 2.75) is 39.3 Å². The number of ether oxygens (including phenoxy) is 1. The Morgan fingerprint density at radius 3 is 2.56 bits per heavy atom. The second-order valence-corrected chi connectivity index (χ2v) is 6.25. The summed E-state index contributed by atoms with van der Waals surface area (Å²) in [6.07, 6.45) is 0.434. The predicted octanol–water partition coefficient (Wildman–Crippen LogP) is 1.06. The molecule has 0 saturated carbocycles. The number of amides is 1. The molecule has 1 aromatic carbocycles. The molecular formula is C17H22N4O4. The van der Waals surface area contributed by atoms with Crippen LogP contribution in [0, 0.1) is 5.92 Å².